The number of alkyl halides is 3. The topological polar surface area (TPSA) is 58.9 Å². The number of benzene rings is 2. The van der Waals surface area contributed by atoms with Crippen molar-refractivity contribution in [1.29, 1.82) is 0 Å². The van der Waals surface area contributed by atoms with Crippen LogP contribution in [-0.4, -0.2) is 47.6 Å². The Hall–Kier alpha value is -2.91. The van der Waals surface area contributed by atoms with Crippen LogP contribution >= 0.6 is 23.2 Å². The van der Waals surface area contributed by atoms with Gasteiger partial charge in [-0.25, -0.2) is 0 Å². The molecule has 0 atom stereocenters. The number of rotatable bonds is 11. The van der Waals surface area contributed by atoms with E-state index in [2.05, 4.69) is 10.4 Å². The molecule has 0 bridgehead atoms. The van der Waals surface area contributed by atoms with E-state index in [1.54, 1.807) is 22.7 Å². The Bertz CT molecular complexity index is 1300. The summed E-state index contributed by atoms with van der Waals surface area (Å²) in [4.78, 5) is 10.6. The lowest BCUT2D eigenvalue weighted by molar-refractivity contribution is -0.137. The molecule has 11 heteroatoms. The molecule has 0 aliphatic carbocycles. The molecular formula is C27H31Cl2F3N4O2. The Labute approximate surface area is 230 Å². The van der Waals surface area contributed by atoms with Gasteiger partial charge in [0.25, 0.3) is 0 Å². The highest BCUT2D eigenvalue weighted by Gasteiger charge is 2.31. The number of carbonyl (C=O) groups excluding carboxylic acids is 1. The monoisotopic (exact) mass is 570 g/mol. The first kappa shape index (κ1) is 29.6. The van der Waals surface area contributed by atoms with Crippen molar-refractivity contribution in [3.8, 4) is 0 Å². The van der Waals surface area contributed by atoms with Crippen LogP contribution in [0.3, 0.4) is 0 Å². The lowest BCUT2D eigenvalue weighted by atomic mass is 10.0. The third-order valence-corrected chi connectivity index (χ3v) is 6.77. The van der Waals surface area contributed by atoms with Crippen LogP contribution in [0.15, 0.2) is 41.5 Å². The average molecular weight is 571 g/mol. The second-order valence-electron chi connectivity index (χ2n) is 9.87. The number of hydrogen-bond donors (Lipinski definition) is 1. The van der Waals surface area contributed by atoms with Crippen LogP contribution in [0.2, 0.25) is 10.0 Å². The van der Waals surface area contributed by atoms with E-state index >= 15 is 0 Å². The predicted molar refractivity (Wildman–Crippen MR) is 146 cm³/mol. The van der Waals surface area contributed by atoms with Crippen LogP contribution in [-0.2, 0) is 35.6 Å². The lowest BCUT2D eigenvalue weighted by Crippen LogP contribution is -2.30. The zero-order valence-corrected chi connectivity index (χ0v) is 23.2. The smallest absolute Gasteiger partial charge is 0.416 e. The number of amides is 1. The van der Waals surface area contributed by atoms with E-state index in [0.717, 1.165) is 23.4 Å². The quantitative estimate of drug-likeness (QED) is 0.0948. The molecule has 6 nitrogen and oxygen atoms in total. The molecular weight excluding hydrogens is 540 g/mol. The molecule has 0 saturated carbocycles. The minimum atomic E-state index is -4.42. The molecule has 0 spiro atoms. The Morgan fingerprint density at radius 3 is 2.50 bits per heavy atom. The minimum absolute atomic E-state index is 0.350. The molecule has 0 unspecified atom stereocenters. The van der Waals surface area contributed by atoms with Gasteiger partial charge in [-0.15, -0.1) is 5.10 Å². The average Bonchev–Trinajstić information content (AvgIpc) is 3.14. The number of nitrogens with one attached hydrogen (secondary N) is 1. The van der Waals surface area contributed by atoms with Crippen LogP contribution < -0.4 is 5.32 Å². The second kappa shape index (κ2) is 12.3. The van der Waals surface area contributed by atoms with Crippen molar-refractivity contribution in [2.24, 2.45) is 12.1 Å². The standard InChI is InChI=1S/C27H31Cl2F3N4O2/c1-26(2,3)38-17-34-36(12-10-33-16-37)11-9-18-6-8-23(28)22(25(18)29)15-21-13-19-5-7-20(27(30,31)32)14-24(19)35(21)4/h5-8,13-14,16-17H,9-12,15H2,1-4H3,(H,33,37). The number of nitrogens with zero attached hydrogens (tertiary/aromatic N) is 3. The Morgan fingerprint density at radius 1 is 1.11 bits per heavy atom. The summed E-state index contributed by atoms with van der Waals surface area (Å²) in [6.07, 6.45) is -1.50. The maximum Gasteiger partial charge on any atom is 0.416 e. The van der Waals surface area contributed by atoms with E-state index in [4.69, 9.17) is 27.9 Å². The zero-order chi connectivity index (χ0) is 28.1. The van der Waals surface area contributed by atoms with Gasteiger partial charge in [-0.3, -0.25) is 9.80 Å². The molecule has 2 aromatic carbocycles. The number of halogens is 5. The van der Waals surface area contributed by atoms with Gasteiger partial charge in [0.05, 0.1) is 12.1 Å². The van der Waals surface area contributed by atoms with Gasteiger partial charge in [0.1, 0.15) is 5.60 Å². The van der Waals surface area contributed by atoms with Gasteiger partial charge in [-0.1, -0.05) is 35.3 Å². The summed E-state index contributed by atoms with van der Waals surface area (Å²) in [5.41, 5.74) is 1.73. The fourth-order valence-electron chi connectivity index (χ4n) is 3.89. The Morgan fingerprint density at radius 2 is 1.84 bits per heavy atom. The van der Waals surface area contributed by atoms with Gasteiger partial charge in [-0.05, 0) is 68.0 Å². The lowest BCUT2D eigenvalue weighted by Gasteiger charge is -2.22. The third-order valence-electron chi connectivity index (χ3n) is 5.95. The molecule has 0 aliphatic rings. The van der Waals surface area contributed by atoms with E-state index in [9.17, 15) is 18.0 Å². The zero-order valence-electron chi connectivity index (χ0n) is 21.7. The van der Waals surface area contributed by atoms with Crippen LogP contribution in [0.1, 0.15) is 43.2 Å². The predicted octanol–water partition coefficient (Wildman–Crippen LogP) is 6.44. The molecule has 38 heavy (non-hydrogen) atoms. The first-order chi connectivity index (χ1) is 17.8. The first-order valence-corrected chi connectivity index (χ1v) is 12.8. The molecule has 206 valence electrons. The summed E-state index contributed by atoms with van der Waals surface area (Å²) in [6, 6.07) is 9.17. The van der Waals surface area contributed by atoms with Crippen LogP contribution in [0.5, 0.6) is 0 Å². The molecule has 0 aliphatic heterocycles. The summed E-state index contributed by atoms with van der Waals surface area (Å²) < 4.78 is 46.9. The molecule has 0 saturated heterocycles. The van der Waals surface area contributed by atoms with Gasteiger partial charge in [-0.2, -0.15) is 13.2 Å². The van der Waals surface area contributed by atoms with E-state index in [1.165, 1.54) is 12.5 Å². The van der Waals surface area contributed by atoms with Gasteiger partial charge >= 0.3 is 6.18 Å². The van der Waals surface area contributed by atoms with Crippen molar-refractivity contribution in [1.82, 2.24) is 14.9 Å². The largest absolute Gasteiger partial charge is 0.476 e. The Balaban J connectivity index is 1.81. The fourth-order valence-corrected chi connectivity index (χ4v) is 4.49. The number of hydrogen-bond acceptors (Lipinski definition) is 4. The highest BCUT2D eigenvalue weighted by molar-refractivity contribution is 6.36. The summed E-state index contributed by atoms with van der Waals surface area (Å²) >= 11 is 13.3. The highest BCUT2D eigenvalue weighted by atomic mass is 35.5. The number of carbonyl (C=O) groups is 1. The number of hydrazone groups is 1. The number of aromatic nitrogens is 1. The van der Waals surface area contributed by atoms with Crippen molar-refractivity contribution >= 4 is 46.9 Å². The minimum Gasteiger partial charge on any atom is -0.476 e. The maximum absolute atomic E-state index is 13.2. The van der Waals surface area contributed by atoms with E-state index in [-0.39, 0.29) is 5.60 Å². The molecule has 1 N–H and O–H groups in total. The van der Waals surface area contributed by atoms with Crippen molar-refractivity contribution in [3.63, 3.8) is 0 Å². The number of ether oxygens (including phenoxy) is 1. The normalized spacial score (nSPS) is 12.3. The highest BCUT2D eigenvalue weighted by Crippen LogP contribution is 2.34. The molecule has 3 aromatic rings. The van der Waals surface area contributed by atoms with Gasteiger partial charge in [0.2, 0.25) is 6.41 Å². The second-order valence-corrected chi connectivity index (χ2v) is 10.7. The van der Waals surface area contributed by atoms with E-state index in [0.29, 0.717) is 65.4 Å². The molecule has 0 radical (unpaired) electrons. The molecule has 0 fully saturated rings. The number of aryl methyl sites for hydroxylation is 1. The van der Waals surface area contributed by atoms with Gasteiger partial charge < -0.3 is 14.6 Å². The van der Waals surface area contributed by atoms with Crippen LogP contribution in [0.25, 0.3) is 10.9 Å². The summed E-state index contributed by atoms with van der Waals surface area (Å²) in [5.74, 6) is 0. The van der Waals surface area contributed by atoms with Crippen LogP contribution in [0.4, 0.5) is 13.2 Å². The summed E-state index contributed by atoms with van der Waals surface area (Å²) in [6.45, 7) is 7.12. The van der Waals surface area contributed by atoms with E-state index in [1.807, 2.05) is 32.9 Å². The third kappa shape index (κ3) is 7.80. The van der Waals surface area contributed by atoms with Gasteiger partial charge in [0.15, 0.2) is 6.40 Å². The van der Waals surface area contributed by atoms with Crippen molar-refractivity contribution < 1.29 is 22.7 Å². The Kier molecular flexibility index (Phi) is 9.59. The maximum atomic E-state index is 13.2. The van der Waals surface area contributed by atoms with Gasteiger partial charge in [0, 0.05) is 47.8 Å². The van der Waals surface area contributed by atoms with Crippen molar-refractivity contribution in [3.05, 3.63) is 68.8 Å². The SMILES string of the molecule is Cn1c(Cc2c(Cl)ccc(CCN(CCNC=O)N=COC(C)(C)C)c2Cl)cc2ccc(C(F)(F)F)cc21. The van der Waals surface area contributed by atoms with Crippen molar-refractivity contribution in [2.45, 2.75) is 45.4 Å². The molecule has 1 heterocycles. The molecule has 3 rings (SSSR count). The van der Waals surface area contributed by atoms with Crippen molar-refractivity contribution in [2.75, 3.05) is 19.6 Å². The van der Waals surface area contributed by atoms with Crippen LogP contribution in [0, 0.1) is 0 Å². The van der Waals surface area contributed by atoms with E-state index < -0.39 is 11.7 Å². The molecule has 1 amide bonds. The fraction of sp³-hybridized carbons (Fsp3) is 0.407. The first-order valence-electron chi connectivity index (χ1n) is 12.0. The number of fused-ring (bicyclic) bond motifs is 1. The molecule has 1 aromatic heterocycles. The summed E-state index contributed by atoms with van der Waals surface area (Å²) in [5, 5.41) is 10.4. The summed E-state index contributed by atoms with van der Waals surface area (Å²) in [7, 11) is 1.73.